The molecule has 140 valence electrons. The van der Waals surface area contributed by atoms with Crippen LogP contribution in [0.5, 0.6) is 5.75 Å². The first-order valence-corrected chi connectivity index (χ1v) is 8.26. The van der Waals surface area contributed by atoms with Crippen molar-refractivity contribution in [2.24, 2.45) is 0 Å². The third kappa shape index (κ3) is 5.08. The van der Waals surface area contributed by atoms with Crippen LogP contribution in [-0.4, -0.2) is 31.8 Å². The molecule has 1 aromatic heterocycles. The van der Waals surface area contributed by atoms with Gasteiger partial charge in [-0.05, 0) is 44.4 Å². The summed E-state index contributed by atoms with van der Waals surface area (Å²) in [6.07, 6.45) is 0.266. The van der Waals surface area contributed by atoms with Crippen LogP contribution in [0.3, 0.4) is 0 Å². The van der Waals surface area contributed by atoms with Crippen LogP contribution in [-0.2, 0) is 25.5 Å². The van der Waals surface area contributed by atoms with Gasteiger partial charge in [0.1, 0.15) is 11.3 Å². The predicted octanol–water partition coefficient (Wildman–Crippen LogP) is 2.54. The lowest BCUT2D eigenvalue weighted by Crippen LogP contribution is -2.19. The quantitative estimate of drug-likeness (QED) is 0.552. The Balaban J connectivity index is 2.35. The first-order valence-electron chi connectivity index (χ1n) is 8.26. The van der Waals surface area contributed by atoms with Gasteiger partial charge in [0.05, 0.1) is 13.2 Å². The minimum atomic E-state index is -0.510. The van der Waals surface area contributed by atoms with E-state index in [0.717, 1.165) is 10.9 Å². The van der Waals surface area contributed by atoms with Crippen LogP contribution >= 0.6 is 0 Å². The van der Waals surface area contributed by atoms with Gasteiger partial charge < -0.3 is 18.6 Å². The Hall–Kier alpha value is -2.83. The molecule has 7 nitrogen and oxygen atoms in total. The predicted molar refractivity (Wildman–Crippen MR) is 94.3 cm³/mol. The summed E-state index contributed by atoms with van der Waals surface area (Å²) in [6, 6.07) is 4.74. The van der Waals surface area contributed by atoms with Crippen LogP contribution in [0.4, 0.5) is 0 Å². The van der Waals surface area contributed by atoms with E-state index >= 15 is 0 Å². The molecule has 0 saturated carbocycles. The number of aryl methyl sites for hydroxylation is 2. The normalized spacial score (nSPS) is 10.8. The third-order valence-corrected chi connectivity index (χ3v) is 3.67. The van der Waals surface area contributed by atoms with Crippen molar-refractivity contribution in [3.05, 3.63) is 39.7 Å². The number of methoxy groups -OCH3 is 1. The maximum Gasteiger partial charge on any atom is 0.344 e. The first kappa shape index (κ1) is 19.5. The van der Waals surface area contributed by atoms with Gasteiger partial charge >= 0.3 is 17.6 Å². The van der Waals surface area contributed by atoms with Gasteiger partial charge in [0, 0.05) is 23.9 Å². The maximum atomic E-state index is 11.7. The lowest BCUT2D eigenvalue weighted by atomic mass is 10.0. The van der Waals surface area contributed by atoms with Crippen molar-refractivity contribution in [2.45, 2.75) is 39.7 Å². The molecule has 0 aliphatic heterocycles. The number of carbonyl (C=O) groups excluding carboxylic acids is 2. The summed E-state index contributed by atoms with van der Waals surface area (Å²) in [4.78, 5) is 34.8. The van der Waals surface area contributed by atoms with Gasteiger partial charge in [0.15, 0.2) is 6.61 Å². The van der Waals surface area contributed by atoms with Gasteiger partial charge in [0.2, 0.25) is 0 Å². The standard InChI is InChI=1S/C19H22O7/c1-11(2)25-19(22)10-24-15-9-16-14(12(3)7-18(21)26-16)8-13(15)5-6-17(20)23-4/h7-9,11H,5-6,10H2,1-4H3. The fraction of sp³-hybridized carbons (Fsp3) is 0.421. The average molecular weight is 362 g/mol. The number of hydrogen-bond donors (Lipinski definition) is 0. The van der Waals surface area contributed by atoms with Gasteiger partial charge in [-0.2, -0.15) is 0 Å². The molecule has 0 saturated heterocycles. The van der Waals surface area contributed by atoms with Crippen molar-refractivity contribution < 1.29 is 28.2 Å². The lowest BCUT2D eigenvalue weighted by molar-refractivity contribution is -0.149. The molecule has 2 rings (SSSR count). The van der Waals surface area contributed by atoms with Gasteiger partial charge in [-0.25, -0.2) is 9.59 Å². The summed E-state index contributed by atoms with van der Waals surface area (Å²) in [5.74, 6) is -0.507. The van der Waals surface area contributed by atoms with E-state index in [2.05, 4.69) is 4.74 Å². The molecule has 26 heavy (non-hydrogen) atoms. The van der Waals surface area contributed by atoms with Crippen molar-refractivity contribution in [2.75, 3.05) is 13.7 Å². The second-order valence-corrected chi connectivity index (χ2v) is 6.11. The average Bonchev–Trinajstić information content (AvgIpc) is 2.56. The molecule has 0 aliphatic rings. The van der Waals surface area contributed by atoms with Crippen LogP contribution in [0.25, 0.3) is 11.0 Å². The number of esters is 2. The zero-order valence-corrected chi connectivity index (χ0v) is 15.3. The van der Waals surface area contributed by atoms with E-state index in [1.54, 1.807) is 32.9 Å². The zero-order valence-electron chi connectivity index (χ0n) is 15.3. The lowest BCUT2D eigenvalue weighted by Gasteiger charge is -2.14. The topological polar surface area (TPSA) is 92.0 Å². The summed E-state index contributed by atoms with van der Waals surface area (Å²) >= 11 is 0. The number of fused-ring (bicyclic) bond motifs is 1. The second kappa shape index (κ2) is 8.51. The Bertz CT molecular complexity index is 864. The molecule has 1 heterocycles. The molecule has 0 fully saturated rings. The highest BCUT2D eigenvalue weighted by atomic mass is 16.6. The van der Waals surface area contributed by atoms with E-state index in [0.29, 0.717) is 23.3 Å². The molecule has 1 aromatic carbocycles. The fourth-order valence-electron chi connectivity index (χ4n) is 2.49. The molecule has 0 aliphatic carbocycles. The van der Waals surface area contributed by atoms with E-state index < -0.39 is 11.6 Å². The van der Waals surface area contributed by atoms with Crippen LogP contribution in [0.1, 0.15) is 31.4 Å². The Kier molecular flexibility index (Phi) is 6.38. The summed E-state index contributed by atoms with van der Waals surface area (Å²) in [5.41, 5.74) is 1.34. The smallest absolute Gasteiger partial charge is 0.344 e. The van der Waals surface area contributed by atoms with Gasteiger partial charge in [0.25, 0.3) is 0 Å². The monoisotopic (exact) mass is 362 g/mol. The summed E-state index contributed by atoms with van der Waals surface area (Å²) in [6.45, 7) is 5.00. The minimum Gasteiger partial charge on any atom is -0.481 e. The molecule has 0 unspecified atom stereocenters. The Labute approximate surface area is 150 Å². The molecular formula is C19H22O7. The Morgan fingerprint density at radius 1 is 1.15 bits per heavy atom. The second-order valence-electron chi connectivity index (χ2n) is 6.11. The first-order chi connectivity index (χ1) is 12.3. The number of hydrogen-bond acceptors (Lipinski definition) is 7. The van der Waals surface area contributed by atoms with E-state index in [1.165, 1.54) is 13.2 Å². The Morgan fingerprint density at radius 3 is 2.54 bits per heavy atom. The molecule has 7 heteroatoms. The van der Waals surface area contributed by atoms with Crippen molar-refractivity contribution in [1.82, 2.24) is 0 Å². The number of benzene rings is 1. The summed E-state index contributed by atoms with van der Waals surface area (Å²) < 4.78 is 20.5. The fourth-order valence-corrected chi connectivity index (χ4v) is 2.49. The molecule has 0 N–H and O–H groups in total. The third-order valence-electron chi connectivity index (χ3n) is 3.67. The van der Waals surface area contributed by atoms with Crippen LogP contribution in [0.15, 0.2) is 27.4 Å². The molecule has 0 radical (unpaired) electrons. The molecule has 2 aromatic rings. The van der Waals surface area contributed by atoms with Crippen LogP contribution in [0, 0.1) is 6.92 Å². The highest BCUT2D eigenvalue weighted by molar-refractivity contribution is 5.83. The largest absolute Gasteiger partial charge is 0.481 e. The SMILES string of the molecule is COC(=O)CCc1cc2c(C)cc(=O)oc2cc1OCC(=O)OC(C)C. The van der Waals surface area contributed by atoms with Gasteiger partial charge in [-0.3, -0.25) is 4.79 Å². The molecular weight excluding hydrogens is 340 g/mol. The van der Waals surface area contributed by atoms with Crippen molar-refractivity contribution in [1.29, 1.82) is 0 Å². The van der Waals surface area contributed by atoms with Crippen molar-refractivity contribution >= 4 is 22.9 Å². The molecule has 0 amide bonds. The van der Waals surface area contributed by atoms with E-state index in [1.807, 2.05) is 0 Å². The number of carbonyl (C=O) groups is 2. The summed E-state index contributed by atoms with van der Waals surface area (Å²) in [5, 5.41) is 0.738. The number of rotatable bonds is 7. The summed E-state index contributed by atoms with van der Waals surface area (Å²) in [7, 11) is 1.32. The van der Waals surface area contributed by atoms with Crippen molar-refractivity contribution in [3.63, 3.8) is 0 Å². The molecule has 0 bridgehead atoms. The maximum absolute atomic E-state index is 11.7. The van der Waals surface area contributed by atoms with Gasteiger partial charge in [-0.1, -0.05) is 0 Å². The zero-order chi connectivity index (χ0) is 19.3. The molecule has 0 spiro atoms. The minimum absolute atomic E-state index is 0.157. The molecule has 0 atom stereocenters. The van der Waals surface area contributed by atoms with E-state index in [9.17, 15) is 14.4 Å². The highest BCUT2D eigenvalue weighted by Crippen LogP contribution is 2.28. The Morgan fingerprint density at radius 2 is 1.88 bits per heavy atom. The van der Waals surface area contributed by atoms with Crippen LogP contribution in [0.2, 0.25) is 0 Å². The highest BCUT2D eigenvalue weighted by Gasteiger charge is 2.14. The van der Waals surface area contributed by atoms with Crippen molar-refractivity contribution in [3.8, 4) is 5.75 Å². The van der Waals surface area contributed by atoms with Crippen LogP contribution < -0.4 is 10.4 Å². The van der Waals surface area contributed by atoms with Gasteiger partial charge in [-0.15, -0.1) is 0 Å². The van der Waals surface area contributed by atoms with E-state index in [4.69, 9.17) is 13.9 Å². The number of ether oxygens (including phenoxy) is 3. The van der Waals surface area contributed by atoms with E-state index in [-0.39, 0.29) is 25.1 Å².